The van der Waals surface area contributed by atoms with E-state index >= 15 is 0 Å². The average Bonchev–Trinajstić information content (AvgIpc) is 2.67. The lowest BCUT2D eigenvalue weighted by Crippen LogP contribution is -2.86. The van der Waals surface area contributed by atoms with E-state index in [0.717, 1.165) is 38.3 Å². The average molecular weight is 374 g/mol. The molecule has 0 aromatic carbocycles. The third-order valence-electron chi connectivity index (χ3n) is 5.82. The zero-order valence-corrected chi connectivity index (χ0v) is 17.6. The fourth-order valence-corrected chi connectivity index (χ4v) is 4.67. The molecule has 0 atom stereocenters. The van der Waals surface area contributed by atoms with E-state index in [4.69, 9.17) is 0 Å². The van der Waals surface area contributed by atoms with Gasteiger partial charge in [-0.1, -0.05) is 48.6 Å². The van der Waals surface area contributed by atoms with Gasteiger partial charge in [0, 0.05) is 11.1 Å². The summed E-state index contributed by atoms with van der Waals surface area (Å²) in [7, 11) is 0. The van der Waals surface area contributed by atoms with Gasteiger partial charge in [-0.2, -0.15) is 0 Å². The van der Waals surface area contributed by atoms with Crippen LogP contribution in [0.25, 0.3) is 0 Å². The van der Waals surface area contributed by atoms with Gasteiger partial charge in [-0.15, -0.1) is 52.6 Å². The van der Waals surface area contributed by atoms with Gasteiger partial charge in [0.05, 0.1) is 0 Å². The zero-order valence-electron chi connectivity index (χ0n) is 17.6. The Bertz CT molecular complexity index is 540. The van der Waals surface area contributed by atoms with Crippen molar-refractivity contribution in [1.82, 2.24) is 9.44 Å². The zero-order chi connectivity index (χ0) is 21.2. The Hall–Kier alpha value is -2.03. The van der Waals surface area contributed by atoms with E-state index in [-0.39, 0.29) is 25.0 Å². The van der Waals surface area contributed by atoms with Crippen LogP contribution in [0.1, 0.15) is 25.7 Å². The fourth-order valence-electron chi connectivity index (χ4n) is 4.67. The molecule has 0 N–H and O–H groups in total. The van der Waals surface area contributed by atoms with E-state index in [2.05, 4.69) is 74.2 Å². The van der Waals surface area contributed by atoms with Crippen LogP contribution in [0, 0.1) is 0 Å². The predicted molar refractivity (Wildman–Crippen MR) is 130 cm³/mol. The molecule has 1 heterocycles. The van der Waals surface area contributed by atoms with Crippen molar-refractivity contribution < 1.29 is 0 Å². The molecule has 0 amide bonds. The summed E-state index contributed by atoms with van der Waals surface area (Å²) in [4.78, 5) is 0. The third-order valence-corrected chi connectivity index (χ3v) is 5.82. The Labute approximate surface area is 174 Å². The number of rotatable bonds is 16. The van der Waals surface area contributed by atoms with Crippen molar-refractivity contribution in [3.8, 4) is 0 Å². The maximum atomic E-state index is 4.18. The standard InChI is InChI=1S/C24H36B2N2/c1-9-17-23(15-7,18-10-2)27-25(21-13-5)28(26(27)22-14-6)24(16-8,19-11-3)20-12-4/h9-16H,1-8,17-22H2. The molecule has 148 valence electrons. The van der Waals surface area contributed by atoms with Gasteiger partial charge in [-0.05, 0) is 38.3 Å². The molecule has 0 bridgehead atoms. The Kier molecular flexibility index (Phi) is 9.51. The molecule has 4 heteroatoms. The topological polar surface area (TPSA) is 6.48 Å². The Morgan fingerprint density at radius 1 is 0.500 bits per heavy atom. The first-order chi connectivity index (χ1) is 13.5. The first kappa shape index (κ1) is 24.0. The maximum Gasteiger partial charge on any atom is 0.295 e. The molecule has 0 spiro atoms. The number of allylic oxidation sites excluding steroid dienone is 2. The summed E-state index contributed by atoms with van der Waals surface area (Å²) >= 11 is 0. The van der Waals surface area contributed by atoms with Crippen molar-refractivity contribution >= 4 is 14.0 Å². The second-order valence-electron chi connectivity index (χ2n) is 7.41. The van der Waals surface area contributed by atoms with Crippen molar-refractivity contribution in [1.29, 1.82) is 0 Å². The van der Waals surface area contributed by atoms with Crippen LogP contribution in [-0.4, -0.2) is 34.5 Å². The summed E-state index contributed by atoms with van der Waals surface area (Å²) in [6.07, 6.45) is 20.9. The highest BCUT2D eigenvalue weighted by Gasteiger charge is 2.61. The molecule has 1 rings (SSSR count). The van der Waals surface area contributed by atoms with Gasteiger partial charge in [-0.3, -0.25) is 0 Å². The van der Waals surface area contributed by atoms with Crippen LogP contribution in [-0.2, 0) is 0 Å². The molecule has 0 saturated carbocycles. The highest BCUT2D eigenvalue weighted by molar-refractivity contribution is 6.86. The monoisotopic (exact) mass is 374 g/mol. The second-order valence-corrected chi connectivity index (χ2v) is 7.41. The van der Waals surface area contributed by atoms with E-state index in [0.29, 0.717) is 0 Å². The van der Waals surface area contributed by atoms with Gasteiger partial charge in [0.15, 0.2) is 0 Å². The summed E-state index contributed by atoms with van der Waals surface area (Å²) in [5, 5.41) is 0. The minimum Gasteiger partial charge on any atom is -0.348 e. The van der Waals surface area contributed by atoms with Crippen LogP contribution in [0.4, 0.5) is 0 Å². The predicted octanol–water partition coefficient (Wildman–Crippen LogP) is 6.11. The molecule has 1 saturated heterocycles. The van der Waals surface area contributed by atoms with E-state index in [9.17, 15) is 0 Å². The molecular formula is C24H36B2N2. The van der Waals surface area contributed by atoms with Gasteiger partial charge in [0.25, 0.3) is 14.0 Å². The summed E-state index contributed by atoms with van der Waals surface area (Å²) in [5.41, 5.74) is -0.479. The Morgan fingerprint density at radius 2 is 0.786 bits per heavy atom. The quantitative estimate of drug-likeness (QED) is 0.238. The van der Waals surface area contributed by atoms with Crippen LogP contribution in [0.5, 0.6) is 0 Å². The number of nitrogens with zero attached hydrogens (tertiary/aromatic N) is 2. The summed E-state index contributed by atoms with van der Waals surface area (Å²) in [5.74, 6) is 0. The van der Waals surface area contributed by atoms with Gasteiger partial charge in [0.2, 0.25) is 0 Å². The molecule has 0 unspecified atom stereocenters. The minimum atomic E-state index is -0.239. The van der Waals surface area contributed by atoms with Gasteiger partial charge in [0.1, 0.15) is 0 Å². The molecular weight excluding hydrogens is 338 g/mol. The van der Waals surface area contributed by atoms with Crippen molar-refractivity contribution in [2.75, 3.05) is 0 Å². The molecule has 0 aromatic heterocycles. The van der Waals surface area contributed by atoms with Crippen LogP contribution in [0.2, 0.25) is 12.6 Å². The molecule has 0 aliphatic carbocycles. The molecule has 1 fully saturated rings. The van der Waals surface area contributed by atoms with Crippen LogP contribution in [0.3, 0.4) is 0 Å². The summed E-state index contributed by atoms with van der Waals surface area (Å²) < 4.78 is 5.08. The summed E-state index contributed by atoms with van der Waals surface area (Å²) in [6, 6.07) is 0. The SMILES string of the molecule is C=CCB1N(C(C=C)(CC=C)CC=C)B(CC=C)N1C(C=C)(CC=C)CC=C. The van der Waals surface area contributed by atoms with Crippen LogP contribution >= 0.6 is 0 Å². The molecule has 0 aromatic rings. The molecule has 2 nitrogen and oxygen atoms in total. The second kappa shape index (κ2) is 11.1. The van der Waals surface area contributed by atoms with Gasteiger partial charge >= 0.3 is 0 Å². The first-order valence-corrected chi connectivity index (χ1v) is 10.0. The molecule has 0 radical (unpaired) electrons. The lowest BCUT2D eigenvalue weighted by molar-refractivity contribution is 0.213. The van der Waals surface area contributed by atoms with E-state index in [1.54, 1.807) is 0 Å². The lowest BCUT2D eigenvalue weighted by Gasteiger charge is -2.66. The summed E-state index contributed by atoms with van der Waals surface area (Å²) in [6.45, 7) is 32.7. The van der Waals surface area contributed by atoms with E-state index in [1.807, 2.05) is 36.5 Å². The Morgan fingerprint density at radius 3 is 0.964 bits per heavy atom. The molecule has 1 aliphatic rings. The largest absolute Gasteiger partial charge is 0.348 e. The number of hydrogen-bond acceptors (Lipinski definition) is 2. The first-order valence-electron chi connectivity index (χ1n) is 10.0. The smallest absolute Gasteiger partial charge is 0.295 e. The van der Waals surface area contributed by atoms with Crippen molar-refractivity contribution in [2.45, 2.75) is 49.4 Å². The Balaban J connectivity index is 3.57. The lowest BCUT2D eigenvalue weighted by atomic mass is 9.35. The maximum absolute atomic E-state index is 4.18. The van der Waals surface area contributed by atoms with Crippen molar-refractivity contribution in [2.24, 2.45) is 0 Å². The van der Waals surface area contributed by atoms with Gasteiger partial charge < -0.3 is 9.44 Å². The highest BCUT2D eigenvalue weighted by Crippen LogP contribution is 2.45. The van der Waals surface area contributed by atoms with Crippen molar-refractivity contribution in [3.63, 3.8) is 0 Å². The highest BCUT2D eigenvalue weighted by atomic mass is 15.4. The van der Waals surface area contributed by atoms with Crippen LogP contribution in [0.15, 0.2) is 101 Å². The molecule has 28 heavy (non-hydrogen) atoms. The minimum absolute atomic E-state index is 0.165. The van der Waals surface area contributed by atoms with E-state index < -0.39 is 0 Å². The van der Waals surface area contributed by atoms with Gasteiger partial charge in [-0.25, -0.2) is 0 Å². The third kappa shape index (κ3) is 4.34. The number of hydrogen-bond donors (Lipinski definition) is 0. The van der Waals surface area contributed by atoms with Crippen molar-refractivity contribution in [3.05, 3.63) is 101 Å². The van der Waals surface area contributed by atoms with E-state index in [1.165, 1.54) is 0 Å². The fraction of sp³-hybridized carbons (Fsp3) is 0.333. The normalized spacial score (nSPS) is 15.3. The van der Waals surface area contributed by atoms with Crippen LogP contribution < -0.4 is 0 Å². The molecule has 1 aliphatic heterocycles.